The Morgan fingerprint density at radius 1 is 1.17 bits per heavy atom. The fourth-order valence-corrected chi connectivity index (χ4v) is 2.48. The molecule has 2 aromatic rings. The van der Waals surface area contributed by atoms with Gasteiger partial charge in [-0.15, -0.1) is 0 Å². The van der Waals surface area contributed by atoms with Gasteiger partial charge in [-0.1, -0.05) is 18.2 Å². The van der Waals surface area contributed by atoms with Crippen molar-refractivity contribution in [2.24, 2.45) is 5.10 Å². The first-order valence-electron chi connectivity index (χ1n) is 6.70. The van der Waals surface area contributed by atoms with Crippen LogP contribution in [0.1, 0.15) is 5.56 Å². The number of para-hydroxylation sites is 1. The Hall–Kier alpha value is -2.54. The summed E-state index contributed by atoms with van der Waals surface area (Å²) in [4.78, 5) is 11.7. The van der Waals surface area contributed by atoms with E-state index in [4.69, 9.17) is 9.47 Å². The first-order valence-corrected chi connectivity index (χ1v) is 7.50. The highest BCUT2D eigenvalue weighted by molar-refractivity contribution is 9.10. The molecule has 0 aliphatic carbocycles. The highest BCUT2D eigenvalue weighted by atomic mass is 79.9. The average molecular weight is 378 g/mol. The number of carbonyl (C=O) groups is 1. The lowest BCUT2D eigenvalue weighted by molar-refractivity contribution is 0.252. The second kappa shape index (κ2) is 8.19. The van der Waals surface area contributed by atoms with E-state index in [1.54, 1.807) is 32.4 Å². The van der Waals surface area contributed by atoms with Crippen LogP contribution in [-0.2, 0) is 0 Å². The van der Waals surface area contributed by atoms with Gasteiger partial charge in [0.2, 0.25) is 0 Å². The summed E-state index contributed by atoms with van der Waals surface area (Å²) in [5, 5.41) is 6.57. The van der Waals surface area contributed by atoms with Crippen LogP contribution in [-0.4, -0.2) is 26.5 Å². The van der Waals surface area contributed by atoms with E-state index in [-0.39, 0.29) is 0 Å². The zero-order chi connectivity index (χ0) is 16.7. The van der Waals surface area contributed by atoms with Gasteiger partial charge < -0.3 is 14.8 Å². The van der Waals surface area contributed by atoms with Gasteiger partial charge in [0.25, 0.3) is 0 Å². The number of benzene rings is 2. The van der Waals surface area contributed by atoms with Crippen LogP contribution in [0.3, 0.4) is 0 Å². The standard InChI is InChI=1S/C16H16BrN3O3/c1-22-14-9-11(8-13(17)15(14)23-2)10-18-20-16(21)19-12-6-4-3-5-7-12/h3-10H,1-2H3,(H2,19,20,21). The van der Waals surface area contributed by atoms with E-state index in [9.17, 15) is 4.79 Å². The molecule has 120 valence electrons. The van der Waals surface area contributed by atoms with Crippen LogP contribution >= 0.6 is 15.9 Å². The first-order chi connectivity index (χ1) is 11.1. The second-order valence-corrected chi connectivity index (χ2v) is 5.28. The number of hydrogen-bond donors (Lipinski definition) is 2. The van der Waals surface area contributed by atoms with Crippen LogP contribution in [0.5, 0.6) is 11.5 Å². The number of amides is 2. The molecule has 0 bridgehead atoms. The number of carbonyl (C=O) groups excluding carboxylic acids is 1. The van der Waals surface area contributed by atoms with Crippen molar-refractivity contribution in [1.82, 2.24) is 5.43 Å². The molecule has 23 heavy (non-hydrogen) atoms. The normalized spacial score (nSPS) is 10.4. The molecule has 0 atom stereocenters. The third kappa shape index (κ3) is 4.72. The van der Waals surface area contributed by atoms with E-state index < -0.39 is 6.03 Å². The summed E-state index contributed by atoms with van der Waals surface area (Å²) in [5.41, 5.74) is 3.83. The van der Waals surface area contributed by atoms with Crippen molar-refractivity contribution >= 4 is 33.9 Å². The molecule has 0 unspecified atom stereocenters. The van der Waals surface area contributed by atoms with Crippen LogP contribution in [0, 0.1) is 0 Å². The molecular formula is C16H16BrN3O3. The highest BCUT2D eigenvalue weighted by Crippen LogP contribution is 2.35. The van der Waals surface area contributed by atoms with Crippen LogP contribution in [0.4, 0.5) is 10.5 Å². The molecule has 7 heteroatoms. The summed E-state index contributed by atoms with van der Waals surface area (Å²) in [5.74, 6) is 1.16. The molecule has 2 N–H and O–H groups in total. The lowest BCUT2D eigenvalue weighted by Gasteiger charge is -2.10. The number of hydrazone groups is 1. The maximum Gasteiger partial charge on any atom is 0.339 e. The van der Waals surface area contributed by atoms with Crippen LogP contribution in [0.15, 0.2) is 52.0 Å². The highest BCUT2D eigenvalue weighted by Gasteiger charge is 2.09. The fourth-order valence-electron chi connectivity index (χ4n) is 1.86. The minimum Gasteiger partial charge on any atom is -0.493 e. The molecular weight excluding hydrogens is 362 g/mol. The zero-order valence-electron chi connectivity index (χ0n) is 12.7. The van der Waals surface area contributed by atoms with E-state index in [0.717, 1.165) is 10.0 Å². The second-order valence-electron chi connectivity index (χ2n) is 4.43. The summed E-state index contributed by atoms with van der Waals surface area (Å²) >= 11 is 3.40. The number of anilines is 1. The van der Waals surface area contributed by atoms with E-state index in [1.807, 2.05) is 24.3 Å². The van der Waals surface area contributed by atoms with Gasteiger partial charge in [0.15, 0.2) is 11.5 Å². The Kier molecular flexibility index (Phi) is 5.99. The number of methoxy groups -OCH3 is 2. The SMILES string of the molecule is COc1cc(C=NNC(=O)Nc2ccccc2)cc(Br)c1OC. The Morgan fingerprint density at radius 3 is 2.57 bits per heavy atom. The number of halogens is 1. The third-order valence-corrected chi connectivity index (χ3v) is 3.46. The lowest BCUT2D eigenvalue weighted by atomic mass is 10.2. The zero-order valence-corrected chi connectivity index (χ0v) is 14.3. The largest absolute Gasteiger partial charge is 0.493 e. The van der Waals surface area contributed by atoms with Gasteiger partial charge in [-0.25, -0.2) is 10.2 Å². The minimum absolute atomic E-state index is 0.424. The topological polar surface area (TPSA) is 72.0 Å². The molecule has 0 saturated carbocycles. The van der Waals surface area contributed by atoms with Crippen molar-refractivity contribution in [3.05, 3.63) is 52.5 Å². The maximum absolute atomic E-state index is 11.7. The fraction of sp³-hybridized carbons (Fsp3) is 0.125. The van der Waals surface area contributed by atoms with Crippen LogP contribution < -0.4 is 20.2 Å². The maximum atomic E-state index is 11.7. The molecule has 0 saturated heterocycles. The molecule has 0 aliphatic rings. The Labute approximate surface area is 142 Å². The molecule has 0 aliphatic heterocycles. The van der Waals surface area contributed by atoms with Crippen LogP contribution in [0.2, 0.25) is 0 Å². The van der Waals surface area contributed by atoms with Crippen molar-refractivity contribution in [1.29, 1.82) is 0 Å². The molecule has 0 heterocycles. The minimum atomic E-state index is -0.424. The monoisotopic (exact) mass is 377 g/mol. The molecule has 0 spiro atoms. The number of nitrogens with zero attached hydrogens (tertiary/aromatic N) is 1. The average Bonchev–Trinajstić information content (AvgIpc) is 2.55. The molecule has 6 nitrogen and oxygen atoms in total. The van der Waals surface area contributed by atoms with Crippen molar-refractivity contribution in [3.63, 3.8) is 0 Å². The molecule has 0 radical (unpaired) electrons. The van der Waals surface area contributed by atoms with Gasteiger partial charge in [0, 0.05) is 5.69 Å². The molecule has 2 aromatic carbocycles. The predicted octanol–water partition coefficient (Wildman–Crippen LogP) is 3.62. The summed E-state index contributed by atoms with van der Waals surface area (Å²) in [7, 11) is 3.11. The van der Waals surface area contributed by atoms with Crippen molar-refractivity contribution in [3.8, 4) is 11.5 Å². The summed E-state index contributed by atoms with van der Waals surface area (Å²) in [6, 6.07) is 12.2. The van der Waals surface area contributed by atoms with Gasteiger partial charge in [0.05, 0.1) is 24.9 Å². The number of hydrogen-bond acceptors (Lipinski definition) is 4. The van der Waals surface area contributed by atoms with Crippen LogP contribution in [0.25, 0.3) is 0 Å². The van der Waals surface area contributed by atoms with Gasteiger partial charge in [-0.2, -0.15) is 5.10 Å². The molecule has 0 fully saturated rings. The van der Waals surface area contributed by atoms with Crippen molar-refractivity contribution in [2.45, 2.75) is 0 Å². The summed E-state index contributed by atoms with van der Waals surface area (Å²) in [6.45, 7) is 0. The summed E-state index contributed by atoms with van der Waals surface area (Å²) < 4.78 is 11.2. The molecule has 2 amide bonds. The number of nitrogens with one attached hydrogen (secondary N) is 2. The predicted molar refractivity (Wildman–Crippen MR) is 93.4 cm³/mol. The quantitative estimate of drug-likeness (QED) is 0.617. The lowest BCUT2D eigenvalue weighted by Crippen LogP contribution is -2.24. The Morgan fingerprint density at radius 2 is 1.91 bits per heavy atom. The molecule has 0 aromatic heterocycles. The summed E-state index contributed by atoms with van der Waals surface area (Å²) in [6.07, 6.45) is 1.51. The van der Waals surface area contributed by atoms with E-state index in [1.165, 1.54) is 6.21 Å². The number of rotatable bonds is 5. The van der Waals surface area contributed by atoms with E-state index >= 15 is 0 Å². The number of urea groups is 1. The molecule has 2 rings (SSSR count). The van der Waals surface area contributed by atoms with E-state index in [2.05, 4.69) is 31.8 Å². The third-order valence-electron chi connectivity index (χ3n) is 2.87. The van der Waals surface area contributed by atoms with E-state index in [0.29, 0.717) is 17.2 Å². The van der Waals surface area contributed by atoms with Gasteiger partial charge in [-0.05, 0) is 45.8 Å². The van der Waals surface area contributed by atoms with Gasteiger partial charge in [-0.3, -0.25) is 0 Å². The first kappa shape index (κ1) is 16.8. The Bertz CT molecular complexity index is 705. The van der Waals surface area contributed by atoms with Gasteiger partial charge in [0.1, 0.15) is 0 Å². The number of ether oxygens (including phenoxy) is 2. The smallest absolute Gasteiger partial charge is 0.339 e. The van der Waals surface area contributed by atoms with Crippen molar-refractivity contribution < 1.29 is 14.3 Å². The Balaban J connectivity index is 2.00. The van der Waals surface area contributed by atoms with Crippen molar-refractivity contribution in [2.75, 3.05) is 19.5 Å². The van der Waals surface area contributed by atoms with Gasteiger partial charge >= 0.3 is 6.03 Å².